The summed E-state index contributed by atoms with van der Waals surface area (Å²) in [7, 11) is -3.70. The Kier molecular flexibility index (Phi) is 6.39. The number of carbonyl (C=O) groups is 2. The van der Waals surface area contributed by atoms with Crippen LogP contribution in [0.3, 0.4) is 0 Å². The highest BCUT2D eigenvalue weighted by Gasteiger charge is 2.61. The van der Waals surface area contributed by atoms with Gasteiger partial charge in [-0.15, -0.1) is 0 Å². The molecule has 1 aliphatic heterocycles. The van der Waals surface area contributed by atoms with Gasteiger partial charge in [0.2, 0.25) is 5.91 Å². The van der Waals surface area contributed by atoms with E-state index in [0.717, 1.165) is 23.3 Å². The third-order valence-electron chi connectivity index (χ3n) is 6.85. The molecular formula is C24H23F5N2O4S. The van der Waals surface area contributed by atoms with Crippen molar-refractivity contribution in [2.75, 3.05) is 12.8 Å². The molecule has 12 heteroatoms. The van der Waals surface area contributed by atoms with E-state index in [2.05, 4.69) is 0 Å². The topological polar surface area (TPSA) is 97.5 Å². The van der Waals surface area contributed by atoms with Crippen molar-refractivity contribution >= 4 is 21.7 Å². The normalized spacial score (nSPS) is 23.5. The van der Waals surface area contributed by atoms with E-state index in [4.69, 9.17) is 5.73 Å². The van der Waals surface area contributed by atoms with Crippen LogP contribution < -0.4 is 5.73 Å². The van der Waals surface area contributed by atoms with Crippen molar-refractivity contribution in [2.45, 2.75) is 48.0 Å². The number of primary amides is 1. The van der Waals surface area contributed by atoms with Crippen molar-refractivity contribution in [3.8, 4) is 0 Å². The average molecular weight is 531 g/mol. The van der Waals surface area contributed by atoms with E-state index in [-0.39, 0.29) is 16.0 Å². The summed E-state index contributed by atoms with van der Waals surface area (Å²) >= 11 is 0. The third kappa shape index (κ3) is 4.58. The van der Waals surface area contributed by atoms with Crippen LogP contribution in [0.15, 0.2) is 47.4 Å². The second-order valence-electron chi connectivity index (χ2n) is 9.35. The summed E-state index contributed by atoms with van der Waals surface area (Å²) in [5.41, 5.74) is 2.04. The zero-order valence-corrected chi connectivity index (χ0v) is 19.9. The summed E-state index contributed by atoms with van der Waals surface area (Å²) in [5, 5.41) is 0. The number of amides is 2. The summed E-state index contributed by atoms with van der Waals surface area (Å²) in [6.45, 7) is -0.573. The molecule has 6 nitrogen and oxygen atoms in total. The van der Waals surface area contributed by atoms with E-state index in [1.165, 1.54) is 18.2 Å². The van der Waals surface area contributed by atoms with Gasteiger partial charge < -0.3 is 10.6 Å². The fraction of sp³-hybridized carbons (Fsp3) is 0.417. The summed E-state index contributed by atoms with van der Waals surface area (Å²) < 4.78 is 93.3. The van der Waals surface area contributed by atoms with Gasteiger partial charge in [-0.2, -0.15) is 13.2 Å². The monoisotopic (exact) mass is 530 g/mol. The van der Waals surface area contributed by atoms with Crippen LogP contribution in [-0.4, -0.2) is 49.6 Å². The number of rotatable bonds is 6. The summed E-state index contributed by atoms with van der Waals surface area (Å²) in [5.74, 6) is -4.87. The molecule has 2 N–H and O–H groups in total. The van der Waals surface area contributed by atoms with Crippen molar-refractivity contribution in [3.63, 3.8) is 0 Å². The Morgan fingerprint density at radius 1 is 1.14 bits per heavy atom. The summed E-state index contributed by atoms with van der Waals surface area (Å²) in [4.78, 5) is 27.3. The molecule has 3 atom stereocenters. The molecule has 194 valence electrons. The lowest BCUT2D eigenvalue weighted by Gasteiger charge is -2.42. The molecular weight excluding hydrogens is 507 g/mol. The molecule has 2 unspecified atom stereocenters. The first-order valence-electron chi connectivity index (χ1n) is 11.1. The minimum atomic E-state index is -4.81. The standard InChI is InChI=1S/C24H23F5N2O4S/c1-36(34,35)17-4-2-3-14(9-17)21(32)31-12-16(25)11-23(31,22(30)33)20(13-5-6-13)18-8-7-15(10-19(18)26)24(27,28)29/h2-4,7-10,13,16,20H,5-6,11-12H2,1H3,(H2,30,33)/t16?,20-,23?/m1/s1. The Morgan fingerprint density at radius 2 is 1.81 bits per heavy atom. The number of nitrogens with two attached hydrogens (primary N) is 1. The van der Waals surface area contributed by atoms with Crippen molar-refractivity contribution < 1.29 is 40.0 Å². The lowest BCUT2D eigenvalue weighted by molar-refractivity contribution is -0.138. The van der Waals surface area contributed by atoms with Crippen molar-refractivity contribution in [3.05, 3.63) is 65.0 Å². The zero-order chi connectivity index (χ0) is 26.6. The van der Waals surface area contributed by atoms with Crippen molar-refractivity contribution in [1.29, 1.82) is 0 Å². The SMILES string of the molecule is CS(=O)(=O)c1cccc(C(=O)N2CC(F)CC2(C(N)=O)[C@@H](c2ccc(C(F)(F)F)cc2F)C2CC2)c1. The largest absolute Gasteiger partial charge is 0.416 e. The Hall–Kier alpha value is -3.02. The quantitative estimate of drug-likeness (QED) is 0.574. The zero-order valence-electron chi connectivity index (χ0n) is 19.1. The van der Waals surface area contributed by atoms with Crippen LogP contribution in [0.4, 0.5) is 22.0 Å². The maximum Gasteiger partial charge on any atom is 0.416 e. The molecule has 1 aliphatic carbocycles. The Morgan fingerprint density at radius 3 is 2.33 bits per heavy atom. The maximum atomic E-state index is 15.1. The molecule has 1 saturated carbocycles. The van der Waals surface area contributed by atoms with Crippen LogP contribution in [-0.2, 0) is 20.8 Å². The number of sulfone groups is 1. The summed E-state index contributed by atoms with van der Waals surface area (Å²) in [6, 6.07) is 6.84. The fourth-order valence-corrected chi connectivity index (χ4v) is 5.79. The molecule has 2 aliphatic rings. The maximum absolute atomic E-state index is 15.1. The van der Waals surface area contributed by atoms with Gasteiger partial charge in [-0.1, -0.05) is 12.1 Å². The molecule has 0 radical (unpaired) electrons. The first-order valence-corrected chi connectivity index (χ1v) is 13.0. The first-order chi connectivity index (χ1) is 16.7. The molecule has 2 aromatic rings. The van der Waals surface area contributed by atoms with Crippen LogP contribution in [0.1, 0.15) is 46.7 Å². The molecule has 1 heterocycles. The second-order valence-corrected chi connectivity index (χ2v) is 11.4. The summed E-state index contributed by atoms with van der Waals surface area (Å²) in [6.07, 6.45) is -5.21. The number of halogens is 5. The van der Waals surface area contributed by atoms with Gasteiger partial charge >= 0.3 is 6.18 Å². The van der Waals surface area contributed by atoms with Gasteiger partial charge in [0, 0.05) is 24.2 Å². The average Bonchev–Trinajstić information content (AvgIpc) is 3.55. The minimum Gasteiger partial charge on any atom is -0.368 e. The molecule has 0 bridgehead atoms. The van der Waals surface area contributed by atoms with Crippen molar-refractivity contribution in [2.24, 2.45) is 11.7 Å². The molecule has 2 aromatic carbocycles. The van der Waals surface area contributed by atoms with Gasteiger partial charge in [-0.3, -0.25) is 9.59 Å². The number of hydrogen-bond acceptors (Lipinski definition) is 4. The van der Waals surface area contributed by atoms with Gasteiger partial charge in [-0.25, -0.2) is 17.2 Å². The van der Waals surface area contributed by atoms with E-state index in [1.807, 2.05) is 0 Å². The van der Waals surface area contributed by atoms with Crippen LogP contribution >= 0.6 is 0 Å². The highest BCUT2D eigenvalue weighted by molar-refractivity contribution is 7.90. The molecule has 36 heavy (non-hydrogen) atoms. The number of alkyl halides is 4. The van der Waals surface area contributed by atoms with Gasteiger partial charge in [0.15, 0.2) is 9.84 Å². The predicted octanol–water partition coefficient (Wildman–Crippen LogP) is 3.85. The number of nitrogens with zero attached hydrogens (tertiary/aromatic N) is 1. The number of likely N-dealkylation sites (tertiary alicyclic amines) is 1. The van der Waals surface area contributed by atoms with Crippen LogP contribution in [0.2, 0.25) is 0 Å². The smallest absolute Gasteiger partial charge is 0.368 e. The van der Waals surface area contributed by atoms with Gasteiger partial charge in [0.25, 0.3) is 5.91 Å². The molecule has 0 spiro atoms. The Balaban J connectivity index is 1.85. The molecule has 2 amide bonds. The third-order valence-corrected chi connectivity index (χ3v) is 7.96. The van der Waals surface area contributed by atoms with Gasteiger partial charge in [0.1, 0.15) is 17.5 Å². The van der Waals surface area contributed by atoms with Gasteiger partial charge in [-0.05, 0) is 54.7 Å². The highest BCUT2D eigenvalue weighted by Crippen LogP contribution is 2.55. The molecule has 2 fully saturated rings. The van der Waals surface area contributed by atoms with Crippen LogP contribution in [0.25, 0.3) is 0 Å². The fourth-order valence-electron chi connectivity index (χ4n) is 5.12. The first kappa shape index (κ1) is 26.1. The highest BCUT2D eigenvalue weighted by atomic mass is 32.2. The van der Waals surface area contributed by atoms with Crippen LogP contribution in [0, 0.1) is 11.7 Å². The lowest BCUT2D eigenvalue weighted by atomic mass is 9.73. The second kappa shape index (κ2) is 8.82. The minimum absolute atomic E-state index is 0.153. The Labute approximate surface area is 204 Å². The van der Waals surface area contributed by atoms with E-state index in [1.54, 1.807) is 0 Å². The number of carbonyl (C=O) groups excluding carboxylic acids is 2. The lowest BCUT2D eigenvalue weighted by Crippen LogP contribution is -2.60. The number of hydrogen-bond donors (Lipinski definition) is 1. The van der Waals surface area contributed by atoms with Crippen LogP contribution in [0.5, 0.6) is 0 Å². The van der Waals surface area contributed by atoms with E-state index in [0.29, 0.717) is 25.0 Å². The molecule has 0 aromatic heterocycles. The molecule has 1 saturated heterocycles. The molecule has 4 rings (SSSR count). The predicted molar refractivity (Wildman–Crippen MR) is 119 cm³/mol. The Bertz CT molecular complexity index is 1330. The number of benzene rings is 2. The van der Waals surface area contributed by atoms with E-state index < -0.39 is 75.7 Å². The van der Waals surface area contributed by atoms with E-state index in [9.17, 15) is 35.6 Å². The van der Waals surface area contributed by atoms with Crippen molar-refractivity contribution in [1.82, 2.24) is 4.90 Å². The van der Waals surface area contributed by atoms with E-state index >= 15 is 4.39 Å². The van der Waals surface area contributed by atoms with Gasteiger partial charge in [0.05, 0.1) is 17.0 Å².